The molecule has 2 N–H and O–H groups in total. The summed E-state index contributed by atoms with van der Waals surface area (Å²) >= 11 is 0. The molecule has 1 amide bonds. The molecular formula is C18H21N5O. The molecule has 3 aromatic rings. The van der Waals surface area contributed by atoms with Crippen molar-refractivity contribution in [1.82, 2.24) is 20.0 Å². The molecule has 6 heteroatoms. The van der Waals surface area contributed by atoms with Crippen LogP contribution in [-0.4, -0.2) is 25.9 Å². The molecule has 2 heterocycles. The van der Waals surface area contributed by atoms with Crippen molar-refractivity contribution in [3.63, 3.8) is 0 Å². The number of rotatable bonds is 5. The summed E-state index contributed by atoms with van der Waals surface area (Å²) in [6, 6.07) is 6.05. The van der Waals surface area contributed by atoms with Crippen LogP contribution < -0.4 is 5.32 Å². The number of nitrogens with one attached hydrogen (secondary N) is 2. The van der Waals surface area contributed by atoms with Crippen LogP contribution >= 0.6 is 0 Å². The lowest BCUT2D eigenvalue weighted by Gasteiger charge is -2.14. The Kier molecular flexibility index (Phi) is 3.59. The highest BCUT2D eigenvalue weighted by Gasteiger charge is 2.33. The molecule has 2 aromatic heterocycles. The van der Waals surface area contributed by atoms with E-state index in [1.54, 1.807) is 12.4 Å². The third-order valence-electron chi connectivity index (χ3n) is 4.75. The number of fused-ring (bicyclic) bond motifs is 1. The summed E-state index contributed by atoms with van der Waals surface area (Å²) in [6.45, 7) is 4.29. The summed E-state index contributed by atoms with van der Waals surface area (Å²) in [5.41, 5.74) is 3.45. The average Bonchev–Trinajstić information content (AvgIpc) is 3.15. The first-order valence-electron chi connectivity index (χ1n) is 8.49. The summed E-state index contributed by atoms with van der Waals surface area (Å²) in [5, 5.41) is 15.4. The number of nitrogens with zero attached hydrogens (tertiary/aromatic N) is 3. The Balaban J connectivity index is 1.63. The summed E-state index contributed by atoms with van der Waals surface area (Å²) in [4.78, 5) is 12.8. The Morgan fingerprint density at radius 1 is 1.42 bits per heavy atom. The topological polar surface area (TPSA) is 75.6 Å². The smallest absolute Gasteiger partial charge is 0.259 e. The second kappa shape index (κ2) is 5.78. The first-order valence-corrected chi connectivity index (χ1v) is 8.49. The van der Waals surface area contributed by atoms with Crippen molar-refractivity contribution in [1.29, 1.82) is 0 Å². The predicted molar refractivity (Wildman–Crippen MR) is 93.3 cm³/mol. The van der Waals surface area contributed by atoms with Crippen LogP contribution in [0.3, 0.4) is 0 Å². The Morgan fingerprint density at radius 2 is 2.25 bits per heavy atom. The van der Waals surface area contributed by atoms with Gasteiger partial charge in [-0.15, -0.1) is 0 Å². The molecule has 0 unspecified atom stereocenters. The fourth-order valence-corrected chi connectivity index (χ4v) is 3.05. The largest absolute Gasteiger partial charge is 0.322 e. The zero-order chi connectivity index (χ0) is 16.7. The molecule has 4 rings (SSSR count). The standard InChI is InChI=1S/C18H21N5O/c1-3-11(2)23-17(12-4-5-12)15(10-20-23)18(24)21-14-7-6-13-9-19-22-16(13)8-14/h6-12H,3-5H2,1-2H3,(H,19,22)(H,21,24)/t11-/m1/s1. The number of H-pyrrole nitrogens is 1. The minimum absolute atomic E-state index is 0.0923. The number of anilines is 1. The van der Waals surface area contributed by atoms with E-state index in [2.05, 4.69) is 34.5 Å². The van der Waals surface area contributed by atoms with Crippen LogP contribution in [0.5, 0.6) is 0 Å². The number of aromatic amines is 1. The Morgan fingerprint density at radius 3 is 3.00 bits per heavy atom. The van der Waals surface area contributed by atoms with Crippen LogP contribution in [0.1, 0.15) is 61.1 Å². The number of hydrogen-bond acceptors (Lipinski definition) is 3. The summed E-state index contributed by atoms with van der Waals surface area (Å²) < 4.78 is 2.03. The van der Waals surface area contributed by atoms with Gasteiger partial charge in [-0.05, 0) is 44.4 Å². The Labute approximate surface area is 140 Å². The van der Waals surface area contributed by atoms with Crippen molar-refractivity contribution >= 4 is 22.5 Å². The number of aromatic nitrogens is 4. The monoisotopic (exact) mass is 323 g/mol. The second-order valence-electron chi connectivity index (χ2n) is 6.55. The van der Waals surface area contributed by atoms with E-state index in [1.165, 1.54) is 0 Å². The van der Waals surface area contributed by atoms with Crippen molar-refractivity contribution in [3.8, 4) is 0 Å². The number of hydrogen-bond donors (Lipinski definition) is 2. The molecule has 1 aliphatic rings. The van der Waals surface area contributed by atoms with Gasteiger partial charge >= 0.3 is 0 Å². The van der Waals surface area contributed by atoms with Gasteiger partial charge in [-0.1, -0.05) is 6.92 Å². The normalized spacial score (nSPS) is 15.6. The third-order valence-corrected chi connectivity index (χ3v) is 4.75. The summed E-state index contributed by atoms with van der Waals surface area (Å²) in [5.74, 6) is 0.377. The summed E-state index contributed by atoms with van der Waals surface area (Å²) in [7, 11) is 0. The van der Waals surface area contributed by atoms with Gasteiger partial charge in [-0.2, -0.15) is 10.2 Å². The van der Waals surface area contributed by atoms with Crippen molar-refractivity contribution in [2.45, 2.75) is 45.1 Å². The molecule has 1 atom stereocenters. The highest BCUT2D eigenvalue weighted by atomic mass is 16.1. The highest BCUT2D eigenvalue weighted by Crippen LogP contribution is 2.42. The molecule has 1 fully saturated rings. The van der Waals surface area contributed by atoms with E-state index in [0.717, 1.165) is 41.5 Å². The molecule has 0 spiro atoms. The molecule has 1 saturated carbocycles. The average molecular weight is 323 g/mol. The van der Waals surface area contributed by atoms with Crippen molar-refractivity contribution in [2.75, 3.05) is 5.32 Å². The minimum atomic E-state index is -0.0923. The zero-order valence-corrected chi connectivity index (χ0v) is 13.9. The third kappa shape index (κ3) is 2.58. The van der Waals surface area contributed by atoms with Gasteiger partial charge in [0, 0.05) is 23.0 Å². The van der Waals surface area contributed by atoms with E-state index in [4.69, 9.17) is 0 Å². The van der Waals surface area contributed by atoms with E-state index in [9.17, 15) is 4.79 Å². The molecule has 6 nitrogen and oxygen atoms in total. The predicted octanol–water partition coefficient (Wildman–Crippen LogP) is 3.86. The first-order chi connectivity index (χ1) is 11.7. The number of benzene rings is 1. The minimum Gasteiger partial charge on any atom is -0.322 e. The van der Waals surface area contributed by atoms with Crippen LogP contribution in [0, 0.1) is 0 Å². The van der Waals surface area contributed by atoms with E-state index in [1.807, 2.05) is 22.9 Å². The molecule has 24 heavy (non-hydrogen) atoms. The molecule has 0 saturated heterocycles. The van der Waals surface area contributed by atoms with E-state index in [-0.39, 0.29) is 5.91 Å². The maximum absolute atomic E-state index is 12.8. The zero-order valence-electron chi connectivity index (χ0n) is 13.9. The van der Waals surface area contributed by atoms with Crippen LogP contribution in [0.2, 0.25) is 0 Å². The molecule has 1 aliphatic carbocycles. The SMILES string of the molecule is CC[C@@H](C)n1ncc(C(=O)Nc2ccc3cn[nH]c3c2)c1C1CC1. The lowest BCUT2D eigenvalue weighted by atomic mass is 10.1. The second-order valence-corrected chi connectivity index (χ2v) is 6.55. The van der Waals surface area contributed by atoms with E-state index in [0.29, 0.717) is 17.5 Å². The fraction of sp³-hybridized carbons (Fsp3) is 0.389. The van der Waals surface area contributed by atoms with Crippen molar-refractivity contribution in [2.24, 2.45) is 0 Å². The lowest BCUT2D eigenvalue weighted by Crippen LogP contribution is -2.16. The fourth-order valence-electron chi connectivity index (χ4n) is 3.05. The van der Waals surface area contributed by atoms with Gasteiger partial charge in [-0.3, -0.25) is 14.6 Å². The van der Waals surface area contributed by atoms with Crippen LogP contribution in [0.25, 0.3) is 10.9 Å². The number of amides is 1. The Hall–Kier alpha value is -2.63. The van der Waals surface area contributed by atoms with E-state index >= 15 is 0 Å². The van der Waals surface area contributed by atoms with Gasteiger partial charge in [-0.25, -0.2) is 0 Å². The molecular weight excluding hydrogens is 302 g/mol. The molecule has 1 aromatic carbocycles. The lowest BCUT2D eigenvalue weighted by molar-refractivity contribution is 0.102. The maximum atomic E-state index is 12.8. The highest BCUT2D eigenvalue weighted by molar-refractivity contribution is 6.05. The molecule has 0 bridgehead atoms. The quantitative estimate of drug-likeness (QED) is 0.748. The van der Waals surface area contributed by atoms with Gasteiger partial charge in [0.1, 0.15) is 0 Å². The van der Waals surface area contributed by atoms with Crippen LogP contribution in [-0.2, 0) is 0 Å². The van der Waals surface area contributed by atoms with E-state index < -0.39 is 0 Å². The summed E-state index contributed by atoms with van der Waals surface area (Å²) in [6.07, 6.45) is 6.76. The van der Waals surface area contributed by atoms with Crippen molar-refractivity contribution < 1.29 is 4.79 Å². The number of carbonyl (C=O) groups excluding carboxylic acids is 1. The van der Waals surface area contributed by atoms with Crippen LogP contribution in [0.4, 0.5) is 5.69 Å². The van der Waals surface area contributed by atoms with Gasteiger partial charge in [0.25, 0.3) is 5.91 Å². The molecule has 0 aliphatic heterocycles. The van der Waals surface area contributed by atoms with Gasteiger partial charge in [0.15, 0.2) is 0 Å². The van der Waals surface area contributed by atoms with Gasteiger partial charge < -0.3 is 5.32 Å². The number of carbonyl (C=O) groups is 1. The first kappa shape index (κ1) is 14.9. The van der Waals surface area contributed by atoms with Gasteiger partial charge in [0.2, 0.25) is 0 Å². The van der Waals surface area contributed by atoms with Gasteiger partial charge in [0.05, 0.1) is 29.2 Å². The van der Waals surface area contributed by atoms with Crippen molar-refractivity contribution in [3.05, 3.63) is 41.9 Å². The Bertz CT molecular complexity index is 890. The molecule has 124 valence electrons. The molecule has 0 radical (unpaired) electrons. The van der Waals surface area contributed by atoms with Crippen LogP contribution in [0.15, 0.2) is 30.6 Å². The maximum Gasteiger partial charge on any atom is 0.259 e.